The number of hydrogen-bond acceptors (Lipinski definition) is 4. The minimum absolute atomic E-state index is 0.537. The Bertz CT molecular complexity index is 603. The summed E-state index contributed by atoms with van der Waals surface area (Å²) in [6.45, 7) is 1.72. The molecule has 0 saturated heterocycles. The molecule has 0 aliphatic heterocycles. The average Bonchev–Trinajstić information content (AvgIpc) is 2.46. The summed E-state index contributed by atoms with van der Waals surface area (Å²) in [4.78, 5) is 0. The van der Waals surface area contributed by atoms with Crippen LogP contribution in [0, 0.1) is 0 Å². The van der Waals surface area contributed by atoms with Crippen molar-refractivity contribution in [1.29, 1.82) is 0 Å². The van der Waals surface area contributed by atoms with Gasteiger partial charge in [0, 0.05) is 22.7 Å². The van der Waals surface area contributed by atoms with E-state index in [1.54, 1.807) is 45.4 Å². The molecule has 0 aromatic heterocycles. The maximum atomic E-state index is 9.62. The van der Waals surface area contributed by atoms with Crippen molar-refractivity contribution in [2.24, 2.45) is 0 Å². The monoisotopic (exact) mass is 352 g/mol. The molecular formula is C16H17BrO4. The zero-order chi connectivity index (χ0) is 15.4. The van der Waals surface area contributed by atoms with Gasteiger partial charge in [-0.05, 0) is 24.6 Å². The normalized spacial score (nSPS) is 11.9. The first kappa shape index (κ1) is 15.7. The zero-order valence-electron chi connectivity index (χ0n) is 12.1. The van der Waals surface area contributed by atoms with Crippen LogP contribution < -0.4 is 14.2 Å². The van der Waals surface area contributed by atoms with Gasteiger partial charge in [0.25, 0.3) is 0 Å². The highest BCUT2D eigenvalue weighted by molar-refractivity contribution is 9.10. The molecule has 1 N–H and O–H groups in total. The van der Waals surface area contributed by atoms with Gasteiger partial charge in [-0.1, -0.05) is 22.0 Å². The third kappa shape index (κ3) is 3.89. The lowest BCUT2D eigenvalue weighted by Crippen LogP contribution is -1.94. The number of benzene rings is 2. The Morgan fingerprint density at radius 1 is 0.905 bits per heavy atom. The lowest BCUT2D eigenvalue weighted by molar-refractivity contribution is 0.198. The minimum atomic E-state index is -0.537. The van der Waals surface area contributed by atoms with Crippen LogP contribution in [0.15, 0.2) is 40.9 Å². The molecule has 112 valence electrons. The summed E-state index contributed by atoms with van der Waals surface area (Å²) < 4.78 is 17.0. The second-order valence-corrected chi connectivity index (χ2v) is 5.36. The van der Waals surface area contributed by atoms with Crippen molar-refractivity contribution in [2.75, 3.05) is 14.2 Å². The van der Waals surface area contributed by atoms with E-state index in [0.717, 1.165) is 10.0 Å². The molecule has 0 amide bonds. The Balaban J connectivity index is 2.27. The molecule has 4 nitrogen and oxygen atoms in total. The van der Waals surface area contributed by atoms with E-state index in [-0.39, 0.29) is 0 Å². The third-order valence-corrected chi connectivity index (χ3v) is 3.67. The molecule has 0 heterocycles. The molecule has 5 heteroatoms. The van der Waals surface area contributed by atoms with E-state index in [4.69, 9.17) is 14.2 Å². The quantitative estimate of drug-likeness (QED) is 0.870. The molecule has 1 atom stereocenters. The summed E-state index contributed by atoms with van der Waals surface area (Å²) in [5.41, 5.74) is 0.811. The molecule has 0 spiro atoms. The van der Waals surface area contributed by atoms with E-state index in [1.165, 1.54) is 0 Å². The van der Waals surface area contributed by atoms with Crippen LogP contribution in [0.4, 0.5) is 0 Å². The lowest BCUT2D eigenvalue weighted by Gasteiger charge is -2.12. The summed E-state index contributed by atoms with van der Waals surface area (Å²) in [6.07, 6.45) is -0.537. The maximum absolute atomic E-state index is 9.62. The fourth-order valence-electron chi connectivity index (χ4n) is 1.89. The van der Waals surface area contributed by atoms with E-state index >= 15 is 0 Å². The standard InChI is InChI=1S/C16H17BrO4/c1-10(18)15-5-4-11(9-16(15)17)21-14-7-12(19-2)6-13(8-14)20-3/h4-10,18H,1-3H3/t10-/m0/s1. The largest absolute Gasteiger partial charge is 0.496 e. The van der Waals surface area contributed by atoms with E-state index in [1.807, 2.05) is 12.1 Å². The summed E-state index contributed by atoms with van der Waals surface area (Å²) >= 11 is 3.43. The van der Waals surface area contributed by atoms with Crippen LogP contribution in [-0.2, 0) is 0 Å². The van der Waals surface area contributed by atoms with Crippen LogP contribution in [0.5, 0.6) is 23.0 Å². The van der Waals surface area contributed by atoms with Crippen LogP contribution >= 0.6 is 15.9 Å². The molecule has 2 aromatic carbocycles. The van der Waals surface area contributed by atoms with Gasteiger partial charge in [-0.2, -0.15) is 0 Å². The number of halogens is 1. The van der Waals surface area contributed by atoms with Gasteiger partial charge in [-0.15, -0.1) is 0 Å². The molecule has 0 aliphatic rings. The SMILES string of the molecule is COc1cc(OC)cc(Oc2ccc([C@H](C)O)c(Br)c2)c1. The van der Waals surface area contributed by atoms with E-state index in [2.05, 4.69) is 15.9 Å². The van der Waals surface area contributed by atoms with Crippen molar-refractivity contribution in [2.45, 2.75) is 13.0 Å². The fraction of sp³-hybridized carbons (Fsp3) is 0.250. The highest BCUT2D eigenvalue weighted by Crippen LogP contribution is 2.33. The van der Waals surface area contributed by atoms with Crippen LogP contribution in [0.25, 0.3) is 0 Å². The van der Waals surface area contributed by atoms with Crippen molar-refractivity contribution >= 4 is 15.9 Å². The smallest absolute Gasteiger partial charge is 0.134 e. The Morgan fingerprint density at radius 3 is 1.95 bits per heavy atom. The van der Waals surface area contributed by atoms with E-state index in [9.17, 15) is 5.11 Å². The third-order valence-electron chi connectivity index (χ3n) is 2.98. The molecule has 0 fully saturated rings. The topological polar surface area (TPSA) is 47.9 Å². The molecule has 0 unspecified atom stereocenters. The van der Waals surface area contributed by atoms with Crippen molar-refractivity contribution < 1.29 is 19.3 Å². The van der Waals surface area contributed by atoms with E-state index < -0.39 is 6.10 Å². The summed E-state index contributed by atoms with van der Waals surface area (Å²) in [7, 11) is 3.18. The molecule has 2 aromatic rings. The Labute approximate surface area is 132 Å². The molecule has 0 radical (unpaired) electrons. The highest BCUT2D eigenvalue weighted by atomic mass is 79.9. The van der Waals surface area contributed by atoms with Gasteiger partial charge in [0.15, 0.2) is 0 Å². The van der Waals surface area contributed by atoms with Crippen molar-refractivity contribution in [3.05, 3.63) is 46.4 Å². The minimum Gasteiger partial charge on any atom is -0.496 e. The van der Waals surface area contributed by atoms with Crippen LogP contribution in [0.3, 0.4) is 0 Å². The van der Waals surface area contributed by atoms with Crippen LogP contribution in [0.1, 0.15) is 18.6 Å². The summed E-state index contributed by atoms with van der Waals surface area (Å²) in [6, 6.07) is 10.8. The molecule has 2 rings (SSSR count). The summed E-state index contributed by atoms with van der Waals surface area (Å²) in [5, 5.41) is 9.62. The van der Waals surface area contributed by atoms with Gasteiger partial charge >= 0.3 is 0 Å². The molecule has 0 bridgehead atoms. The average molecular weight is 353 g/mol. The van der Waals surface area contributed by atoms with Gasteiger partial charge in [0.1, 0.15) is 23.0 Å². The van der Waals surface area contributed by atoms with Crippen molar-refractivity contribution in [1.82, 2.24) is 0 Å². The van der Waals surface area contributed by atoms with Crippen molar-refractivity contribution in [3.63, 3.8) is 0 Å². The Kier molecular flexibility index (Phi) is 5.09. The predicted octanol–water partition coefficient (Wildman–Crippen LogP) is 4.31. The second-order valence-electron chi connectivity index (χ2n) is 4.51. The second kappa shape index (κ2) is 6.83. The lowest BCUT2D eigenvalue weighted by atomic mass is 10.1. The first-order valence-electron chi connectivity index (χ1n) is 6.42. The predicted molar refractivity (Wildman–Crippen MR) is 84.4 cm³/mol. The van der Waals surface area contributed by atoms with Crippen LogP contribution in [-0.4, -0.2) is 19.3 Å². The first-order valence-corrected chi connectivity index (χ1v) is 7.21. The number of aliphatic hydroxyl groups excluding tert-OH is 1. The van der Waals surface area contributed by atoms with Crippen LogP contribution in [0.2, 0.25) is 0 Å². The molecule has 0 aliphatic carbocycles. The molecular weight excluding hydrogens is 336 g/mol. The number of hydrogen-bond donors (Lipinski definition) is 1. The van der Waals surface area contributed by atoms with Gasteiger partial charge in [-0.3, -0.25) is 0 Å². The van der Waals surface area contributed by atoms with Gasteiger partial charge in [-0.25, -0.2) is 0 Å². The van der Waals surface area contributed by atoms with Gasteiger partial charge in [0.2, 0.25) is 0 Å². The number of aliphatic hydroxyl groups is 1. The fourth-order valence-corrected chi connectivity index (χ4v) is 2.58. The zero-order valence-corrected chi connectivity index (χ0v) is 13.7. The maximum Gasteiger partial charge on any atom is 0.134 e. The first-order chi connectivity index (χ1) is 10.0. The van der Waals surface area contributed by atoms with Gasteiger partial charge in [0.05, 0.1) is 20.3 Å². The Morgan fingerprint density at radius 2 is 1.48 bits per heavy atom. The number of methoxy groups -OCH3 is 2. The molecule has 21 heavy (non-hydrogen) atoms. The summed E-state index contributed by atoms with van der Waals surface area (Å²) in [5.74, 6) is 2.58. The highest BCUT2D eigenvalue weighted by Gasteiger charge is 2.09. The van der Waals surface area contributed by atoms with E-state index in [0.29, 0.717) is 23.0 Å². The van der Waals surface area contributed by atoms with Crippen molar-refractivity contribution in [3.8, 4) is 23.0 Å². The number of rotatable bonds is 5. The molecule has 0 saturated carbocycles. The van der Waals surface area contributed by atoms with Gasteiger partial charge < -0.3 is 19.3 Å². The Hall–Kier alpha value is -1.72. The number of ether oxygens (including phenoxy) is 3.